The molecule has 2 rings (SSSR count). The first-order valence-electron chi connectivity index (χ1n) is 5.12. The Bertz CT molecular complexity index is 338. The largest absolute Gasteiger partial charge is 0.337 e. The molecule has 1 aliphatic rings. The second kappa shape index (κ2) is 4.26. The van der Waals surface area contributed by atoms with Crippen LogP contribution in [0.25, 0.3) is 0 Å². The summed E-state index contributed by atoms with van der Waals surface area (Å²) < 4.78 is 1.85. The lowest BCUT2D eigenvalue weighted by Crippen LogP contribution is -2.37. The topological polar surface area (TPSA) is 38.1 Å². The molecule has 0 aliphatic carbocycles. The first-order valence-corrected chi connectivity index (χ1v) is 5.63. The number of likely N-dealkylation sites (tertiary alicyclic amines) is 1. The summed E-state index contributed by atoms with van der Waals surface area (Å²) in [5, 5.41) is 4.32. The molecule has 2 unspecified atom stereocenters. The molecule has 0 radical (unpaired) electrons. The summed E-state index contributed by atoms with van der Waals surface area (Å²) in [5.41, 5.74) is 0. The highest BCUT2D eigenvalue weighted by atomic mass is 32.1. The number of thiol groups is 1. The Hall–Kier alpha value is -0.970. The maximum Gasteiger partial charge on any atom is 0.224 e. The summed E-state index contributed by atoms with van der Waals surface area (Å²) in [5.74, 6) is 0.203. The van der Waals surface area contributed by atoms with Gasteiger partial charge in [0.1, 0.15) is 0 Å². The zero-order chi connectivity index (χ0) is 10.8. The van der Waals surface area contributed by atoms with Crippen LogP contribution in [0, 0.1) is 0 Å². The number of hydrogen-bond donors (Lipinski definition) is 1. The van der Waals surface area contributed by atoms with Crippen molar-refractivity contribution < 1.29 is 4.79 Å². The van der Waals surface area contributed by atoms with Gasteiger partial charge in [0.05, 0.1) is 6.54 Å². The van der Waals surface area contributed by atoms with E-state index < -0.39 is 0 Å². The fourth-order valence-corrected chi connectivity index (χ4v) is 2.25. The van der Waals surface area contributed by atoms with Crippen LogP contribution in [0.4, 0.5) is 0 Å². The lowest BCUT2D eigenvalue weighted by atomic mass is 10.3. The van der Waals surface area contributed by atoms with E-state index in [0.717, 1.165) is 13.1 Å². The molecular formula is C10H15N3OS. The smallest absolute Gasteiger partial charge is 0.224 e. The molecule has 1 amide bonds. The first kappa shape index (κ1) is 10.5. The Morgan fingerprint density at radius 2 is 2.53 bits per heavy atom. The molecular weight excluding hydrogens is 210 g/mol. The summed E-state index contributed by atoms with van der Waals surface area (Å²) >= 11 is 4.33. The average molecular weight is 225 g/mol. The standard InChI is InChI=1S/C10H15N3OS/c1-8(6-12-4-2-3-11-12)13-7-9(15)5-10(13)14/h2-4,8-9,15H,5-7H2,1H3. The predicted octanol–water partition coefficient (Wildman–Crippen LogP) is 0.802. The number of carbonyl (C=O) groups is 1. The van der Waals surface area contributed by atoms with E-state index >= 15 is 0 Å². The van der Waals surface area contributed by atoms with Crippen molar-refractivity contribution in [2.24, 2.45) is 0 Å². The minimum Gasteiger partial charge on any atom is -0.337 e. The number of nitrogens with zero attached hydrogens (tertiary/aromatic N) is 3. The van der Waals surface area contributed by atoms with Crippen molar-refractivity contribution in [2.45, 2.75) is 31.2 Å². The van der Waals surface area contributed by atoms with Crippen molar-refractivity contribution in [2.75, 3.05) is 6.54 Å². The quantitative estimate of drug-likeness (QED) is 0.773. The number of aromatic nitrogens is 2. The van der Waals surface area contributed by atoms with Gasteiger partial charge in [-0.25, -0.2) is 0 Å². The van der Waals surface area contributed by atoms with Crippen LogP contribution in [-0.2, 0) is 11.3 Å². The van der Waals surface area contributed by atoms with E-state index in [-0.39, 0.29) is 17.2 Å². The molecule has 1 fully saturated rings. The van der Waals surface area contributed by atoms with Crippen LogP contribution in [0.1, 0.15) is 13.3 Å². The first-order chi connectivity index (χ1) is 7.16. The second-order valence-electron chi connectivity index (χ2n) is 3.98. The lowest BCUT2D eigenvalue weighted by Gasteiger charge is -2.24. The van der Waals surface area contributed by atoms with E-state index in [1.807, 2.05) is 28.8 Å². The van der Waals surface area contributed by atoms with Gasteiger partial charge in [-0.15, -0.1) is 0 Å². The van der Waals surface area contributed by atoms with Gasteiger partial charge in [-0.2, -0.15) is 17.7 Å². The van der Waals surface area contributed by atoms with Crippen molar-refractivity contribution in [3.05, 3.63) is 18.5 Å². The van der Waals surface area contributed by atoms with E-state index in [2.05, 4.69) is 17.7 Å². The van der Waals surface area contributed by atoms with Crippen molar-refractivity contribution >= 4 is 18.5 Å². The van der Waals surface area contributed by atoms with Crippen LogP contribution in [-0.4, -0.2) is 38.4 Å². The van der Waals surface area contributed by atoms with Gasteiger partial charge < -0.3 is 4.90 Å². The Kier molecular flexibility index (Phi) is 3.00. The monoisotopic (exact) mass is 225 g/mol. The summed E-state index contributed by atoms with van der Waals surface area (Å²) in [6, 6.07) is 2.08. The van der Waals surface area contributed by atoms with Crippen molar-refractivity contribution in [1.29, 1.82) is 0 Å². The normalized spacial score (nSPS) is 23.5. The summed E-state index contributed by atoms with van der Waals surface area (Å²) in [7, 11) is 0. The minimum absolute atomic E-state index is 0.189. The van der Waals surface area contributed by atoms with Gasteiger partial charge in [-0.3, -0.25) is 9.48 Å². The molecule has 15 heavy (non-hydrogen) atoms. The SMILES string of the molecule is CC(Cn1cccn1)N1CC(S)CC1=O. The fourth-order valence-electron chi connectivity index (χ4n) is 1.92. The van der Waals surface area contributed by atoms with Crippen molar-refractivity contribution in [3.63, 3.8) is 0 Å². The van der Waals surface area contributed by atoms with Crippen LogP contribution >= 0.6 is 12.6 Å². The van der Waals surface area contributed by atoms with Crippen LogP contribution in [0.3, 0.4) is 0 Å². The number of carbonyl (C=O) groups excluding carboxylic acids is 1. The van der Waals surface area contributed by atoms with E-state index in [1.165, 1.54) is 0 Å². The van der Waals surface area contributed by atoms with Gasteiger partial charge in [0.15, 0.2) is 0 Å². The molecule has 2 heterocycles. The molecule has 0 aromatic carbocycles. The fraction of sp³-hybridized carbons (Fsp3) is 0.600. The lowest BCUT2D eigenvalue weighted by molar-refractivity contribution is -0.129. The minimum atomic E-state index is 0.189. The highest BCUT2D eigenvalue weighted by Gasteiger charge is 2.30. The Morgan fingerprint density at radius 1 is 1.73 bits per heavy atom. The molecule has 4 nitrogen and oxygen atoms in total. The zero-order valence-electron chi connectivity index (χ0n) is 8.71. The molecule has 82 valence electrons. The highest BCUT2D eigenvalue weighted by molar-refractivity contribution is 7.81. The Balaban J connectivity index is 1.96. The van der Waals surface area contributed by atoms with Gasteiger partial charge in [0, 0.05) is 36.7 Å². The molecule has 5 heteroatoms. The average Bonchev–Trinajstić information content (AvgIpc) is 2.75. The molecule has 1 aliphatic heterocycles. The molecule has 0 spiro atoms. The molecule has 1 aromatic heterocycles. The van der Waals surface area contributed by atoms with Crippen LogP contribution in [0.2, 0.25) is 0 Å². The summed E-state index contributed by atoms with van der Waals surface area (Å²) in [6.45, 7) is 3.55. The van der Waals surface area contributed by atoms with Crippen LogP contribution < -0.4 is 0 Å². The Labute approximate surface area is 94.7 Å². The third-order valence-electron chi connectivity index (χ3n) is 2.68. The molecule has 1 saturated heterocycles. The van der Waals surface area contributed by atoms with E-state index in [4.69, 9.17) is 0 Å². The number of amides is 1. The van der Waals surface area contributed by atoms with Crippen molar-refractivity contribution in [1.82, 2.24) is 14.7 Å². The number of rotatable bonds is 3. The Morgan fingerprint density at radius 3 is 3.07 bits per heavy atom. The molecule has 2 atom stereocenters. The van der Waals surface area contributed by atoms with Gasteiger partial charge >= 0.3 is 0 Å². The summed E-state index contributed by atoms with van der Waals surface area (Å²) in [6.07, 6.45) is 4.22. The third-order valence-corrected chi connectivity index (χ3v) is 3.03. The van der Waals surface area contributed by atoms with E-state index in [1.54, 1.807) is 6.20 Å². The maximum atomic E-state index is 11.6. The van der Waals surface area contributed by atoms with Crippen molar-refractivity contribution in [3.8, 4) is 0 Å². The van der Waals surface area contributed by atoms with E-state index in [9.17, 15) is 4.79 Å². The molecule has 1 aromatic rings. The third kappa shape index (κ3) is 2.34. The van der Waals surface area contributed by atoms with Gasteiger partial charge in [-0.05, 0) is 13.0 Å². The van der Waals surface area contributed by atoms with Crippen LogP contribution in [0.5, 0.6) is 0 Å². The maximum absolute atomic E-state index is 11.6. The molecule has 0 N–H and O–H groups in total. The second-order valence-corrected chi connectivity index (χ2v) is 4.71. The molecule has 0 bridgehead atoms. The number of hydrogen-bond acceptors (Lipinski definition) is 3. The highest BCUT2D eigenvalue weighted by Crippen LogP contribution is 2.18. The summed E-state index contributed by atoms with van der Waals surface area (Å²) in [4.78, 5) is 13.5. The van der Waals surface area contributed by atoms with Gasteiger partial charge in [0.25, 0.3) is 0 Å². The molecule has 0 saturated carbocycles. The van der Waals surface area contributed by atoms with E-state index in [0.29, 0.717) is 6.42 Å². The van der Waals surface area contributed by atoms with Gasteiger partial charge in [-0.1, -0.05) is 0 Å². The van der Waals surface area contributed by atoms with Crippen LogP contribution in [0.15, 0.2) is 18.5 Å². The van der Waals surface area contributed by atoms with Gasteiger partial charge in [0.2, 0.25) is 5.91 Å². The predicted molar refractivity (Wildman–Crippen MR) is 60.8 cm³/mol. The zero-order valence-corrected chi connectivity index (χ0v) is 9.60.